The molecule has 0 saturated carbocycles. The van der Waals surface area contributed by atoms with E-state index in [0.29, 0.717) is 18.8 Å². The number of anilines is 1. The van der Waals surface area contributed by atoms with Gasteiger partial charge in [0, 0.05) is 20.1 Å². The smallest absolute Gasteiger partial charge is 0.264 e. The maximum Gasteiger partial charge on any atom is 0.264 e. The van der Waals surface area contributed by atoms with E-state index in [4.69, 9.17) is 21.4 Å². The van der Waals surface area contributed by atoms with Gasteiger partial charge in [0.1, 0.15) is 5.75 Å². The van der Waals surface area contributed by atoms with Gasteiger partial charge in [-0.15, -0.1) is 11.6 Å². The minimum atomic E-state index is -0.206. The standard InChI is InChI=1S/C14H19ClN2O3/c1-16(5-6-18)8-11(15)10-3-4-13-12(7-10)17(2)14(19)9-20-13/h3-4,7,11,18H,5-6,8-9H2,1-2H3. The lowest BCUT2D eigenvalue weighted by atomic mass is 10.1. The summed E-state index contributed by atoms with van der Waals surface area (Å²) >= 11 is 6.40. The molecule has 1 aliphatic heterocycles. The normalized spacial score (nSPS) is 16.1. The molecule has 110 valence electrons. The highest BCUT2D eigenvalue weighted by Gasteiger charge is 2.23. The third-order valence-corrected chi connectivity index (χ3v) is 3.77. The minimum Gasteiger partial charge on any atom is -0.482 e. The second-order valence-corrected chi connectivity index (χ2v) is 5.45. The summed E-state index contributed by atoms with van der Waals surface area (Å²) in [5.41, 5.74) is 1.68. The van der Waals surface area contributed by atoms with Crippen molar-refractivity contribution in [1.29, 1.82) is 0 Å². The molecule has 0 bridgehead atoms. The van der Waals surface area contributed by atoms with Gasteiger partial charge in [0.05, 0.1) is 17.7 Å². The number of halogens is 1. The quantitative estimate of drug-likeness (QED) is 0.831. The minimum absolute atomic E-state index is 0.0711. The Morgan fingerprint density at radius 1 is 1.55 bits per heavy atom. The largest absolute Gasteiger partial charge is 0.482 e. The van der Waals surface area contributed by atoms with Crippen LogP contribution in [0.3, 0.4) is 0 Å². The van der Waals surface area contributed by atoms with Crippen LogP contribution < -0.4 is 9.64 Å². The second kappa shape index (κ2) is 6.43. The van der Waals surface area contributed by atoms with Gasteiger partial charge in [-0.2, -0.15) is 0 Å². The van der Waals surface area contributed by atoms with Crippen LogP contribution in [-0.4, -0.2) is 56.3 Å². The molecule has 1 aromatic carbocycles. The Morgan fingerprint density at radius 2 is 2.30 bits per heavy atom. The molecule has 0 fully saturated rings. The number of carbonyl (C=O) groups excluding carboxylic acids is 1. The molecular weight excluding hydrogens is 280 g/mol. The fourth-order valence-corrected chi connectivity index (χ4v) is 2.50. The predicted octanol–water partition coefficient (Wildman–Crippen LogP) is 1.25. The van der Waals surface area contributed by atoms with Crippen LogP contribution in [0.25, 0.3) is 0 Å². The van der Waals surface area contributed by atoms with Crippen LogP contribution in [0.2, 0.25) is 0 Å². The van der Waals surface area contributed by atoms with Crippen molar-refractivity contribution in [3.63, 3.8) is 0 Å². The first-order chi connectivity index (χ1) is 9.52. The molecule has 0 aliphatic carbocycles. The van der Waals surface area contributed by atoms with Gasteiger partial charge in [-0.1, -0.05) is 6.07 Å². The number of amides is 1. The number of carbonyl (C=O) groups is 1. The van der Waals surface area contributed by atoms with Crippen LogP contribution in [0.5, 0.6) is 5.75 Å². The molecule has 1 unspecified atom stereocenters. The van der Waals surface area contributed by atoms with Crippen molar-refractivity contribution < 1.29 is 14.6 Å². The van der Waals surface area contributed by atoms with Crippen molar-refractivity contribution >= 4 is 23.2 Å². The average Bonchev–Trinajstić information content (AvgIpc) is 2.43. The molecule has 1 heterocycles. The molecule has 0 radical (unpaired) electrons. The Hall–Kier alpha value is -1.30. The van der Waals surface area contributed by atoms with Gasteiger partial charge >= 0.3 is 0 Å². The lowest BCUT2D eigenvalue weighted by Gasteiger charge is -2.27. The van der Waals surface area contributed by atoms with E-state index in [9.17, 15) is 4.79 Å². The van der Waals surface area contributed by atoms with Crippen LogP contribution >= 0.6 is 11.6 Å². The summed E-state index contributed by atoms with van der Waals surface area (Å²) in [5, 5.41) is 8.69. The molecule has 20 heavy (non-hydrogen) atoms. The monoisotopic (exact) mass is 298 g/mol. The Morgan fingerprint density at radius 3 is 3.00 bits per heavy atom. The number of aliphatic hydroxyl groups excluding tert-OH is 1. The fraction of sp³-hybridized carbons (Fsp3) is 0.500. The second-order valence-electron chi connectivity index (χ2n) is 4.92. The van der Waals surface area contributed by atoms with E-state index in [1.165, 1.54) is 0 Å². The number of likely N-dealkylation sites (N-methyl/N-ethyl adjacent to an activating group) is 2. The number of benzene rings is 1. The van der Waals surface area contributed by atoms with Crippen LogP contribution in [0.15, 0.2) is 18.2 Å². The van der Waals surface area contributed by atoms with Crippen molar-refractivity contribution in [2.24, 2.45) is 0 Å². The zero-order valence-corrected chi connectivity index (χ0v) is 12.4. The number of ether oxygens (including phenoxy) is 1. The number of hydrogen-bond acceptors (Lipinski definition) is 4. The van der Waals surface area contributed by atoms with Gasteiger partial charge in [0.2, 0.25) is 0 Å². The highest BCUT2D eigenvalue weighted by molar-refractivity contribution is 6.21. The number of nitrogens with zero attached hydrogens (tertiary/aromatic N) is 2. The number of fused-ring (bicyclic) bond motifs is 1. The third-order valence-electron chi connectivity index (χ3n) is 3.38. The van der Waals surface area contributed by atoms with Gasteiger partial charge in [0.25, 0.3) is 5.91 Å². The zero-order valence-electron chi connectivity index (χ0n) is 11.7. The highest BCUT2D eigenvalue weighted by Crippen LogP contribution is 2.35. The predicted molar refractivity (Wildman–Crippen MR) is 78.5 cm³/mol. The molecule has 1 N–H and O–H groups in total. The summed E-state index contributed by atoms with van der Waals surface area (Å²) in [5.74, 6) is 0.626. The van der Waals surface area contributed by atoms with E-state index in [1.807, 2.05) is 30.1 Å². The van der Waals surface area contributed by atoms with Gasteiger partial charge in [-0.25, -0.2) is 0 Å². The van der Waals surface area contributed by atoms with Crippen LogP contribution in [0.1, 0.15) is 10.9 Å². The maximum absolute atomic E-state index is 11.6. The van der Waals surface area contributed by atoms with Gasteiger partial charge in [0.15, 0.2) is 6.61 Å². The molecule has 6 heteroatoms. The van der Waals surface area contributed by atoms with Gasteiger partial charge in [-0.05, 0) is 24.7 Å². The molecule has 0 spiro atoms. The molecule has 0 saturated heterocycles. The molecule has 1 aliphatic rings. The Bertz CT molecular complexity index is 495. The van der Waals surface area contributed by atoms with E-state index in [2.05, 4.69) is 0 Å². The summed E-state index contributed by atoms with van der Waals surface area (Å²) < 4.78 is 5.38. The number of rotatable bonds is 5. The van der Waals surface area contributed by atoms with E-state index >= 15 is 0 Å². The highest BCUT2D eigenvalue weighted by atomic mass is 35.5. The maximum atomic E-state index is 11.6. The van der Waals surface area contributed by atoms with Crippen LogP contribution in [-0.2, 0) is 4.79 Å². The molecule has 2 rings (SSSR count). The van der Waals surface area contributed by atoms with Gasteiger partial charge in [-0.3, -0.25) is 4.79 Å². The average molecular weight is 299 g/mol. The summed E-state index contributed by atoms with van der Waals surface area (Å²) in [7, 11) is 3.64. The Balaban J connectivity index is 2.16. The van der Waals surface area contributed by atoms with E-state index in [-0.39, 0.29) is 24.5 Å². The number of hydrogen-bond donors (Lipinski definition) is 1. The van der Waals surface area contributed by atoms with E-state index < -0.39 is 0 Å². The summed E-state index contributed by atoms with van der Waals surface area (Å²) in [4.78, 5) is 15.2. The van der Waals surface area contributed by atoms with Crippen molar-refractivity contribution in [3.05, 3.63) is 23.8 Å². The summed E-state index contributed by atoms with van der Waals surface area (Å²) in [6, 6.07) is 5.64. The molecule has 1 atom stereocenters. The van der Waals surface area contributed by atoms with Crippen molar-refractivity contribution in [3.8, 4) is 5.75 Å². The van der Waals surface area contributed by atoms with Crippen molar-refractivity contribution in [2.75, 3.05) is 45.3 Å². The first-order valence-corrected chi connectivity index (χ1v) is 6.93. The van der Waals surface area contributed by atoms with Crippen molar-refractivity contribution in [1.82, 2.24) is 4.90 Å². The zero-order chi connectivity index (χ0) is 14.7. The number of aliphatic hydroxyl groups is 1. The summed E-state index contributed by atoms with van der Waals surface area (Å²) in [6.45, 7) is 1.39. The molecule has 0 aromatic heterocycles. The molecule has 5 nitrogen and oxygen atoms in total. The van der Waals surface area contributed by atoms with Crippen molar-refractivity contribution in [2.45, 2.75) is 5.38 Å². The Labute approximate surface area is 123 Å². The van der Waals surface area contributed by atoms with E-state index in [0.717, 1.165) is 11.3 Å². The third kappa shape index (κ3) is 3.23. The topological polar surface area (TPSA) is 53.0 Å². The Kier molecular flexibility index (Phi) is 4.86. The molecular formula is C14H19ClN2O3. The molecule has 1 amide bonds. The fourth-order valence-electron chi connectivity index (χ4n) is 2.13. The lowest BCUT2D eigenvalue weighted by Crippen LogP contribution is -2.35. The first kappa shape index (κ1) is 15.1. The van der Waals surface area contributed by atoms with Crippen LogP contribution in [0.4, 0.5) is 5.69 Å². The van der Waals surface area contributed by atoms with Gasteiger partial charge < -0.3 is 19.6 Å². The number of alkyl halides is 1. The molecule has 1 aromatic rings. The lowest BCUT2D eigenvalue weighted by molar-refractivity contribution is -0.120. The first-order valence-electron chi connectivity index (χ1n) is 6.49. The van der Waals surface area contributed by atoms with Crippen LogP contribution in [0, 0.1) is 0 Å². The van der Waals surface area contributed by atoms with E-state index in [1.54, 1.807) is 11.9 Å². The summed E-state index contributed by atoms with van der Waals surface area (Å²) in [6.07, 6.45) is 0. The SMILES string of the molecule is CN(CCO)CC(Cl)c1ccc2c(c1)N(C)C(=O)CO2.